The van der Waals surface area contributed by atoms with Gasteiger partial charge in [0, 0.05) is 6.54 Å². The summed E-state index contributed by atoms with van der Waals surface area (Å²) in [5, 5.41) is 12.7. The van der Waals surface area contributed by atoms with Gasteiger partial charge in [-0.05, 0) is 25.5 Å². The maximum absolute atomic E-state index is 11.8. The highest BCUT2D eigenvalue weighted by Crippen LogP contribution is 2.17. The highest BCUT2D eigenvalue weighted by atomic mass is 35.5. The molecule has 0 aliphatic rings. The monoisotopic (exact) mass is 276 g/mol. The minimum atomic E-state index is -0.944. The van der Waals surface area contributed by atoms with Crippen LogP contribution in [0.15, 0.2) is 12.1 Å². The summed E-state index contributed by atoms with van der Waals surface area (Å²) in [6.07, 6.45) is 0.532. The van der Waals surface area contributed by atoms with Crippen LogP contribution >= 0.6 is 23.2 Å². The van der Waals surface area contributed by atoms with Gasteiger partial charge in [0.1, 0.15) is 10.8 Å². The van der Waals surface area contributed by atoms with E-state index in [9.17, 15) is 9.90 Å². The van der Waals surface area contributed by atoms with Crippen LogP contribution < -0.4 is 5.32 Å². The molecule has 0 saturated carbocycles. The molecule has 4 nitrogen and oxygen atoms in total. The zero-order valence-electron chi connectivity index (χ0n) is 9.63. The molecule has 1 aromatic rings. The van der Waals surface area contributed by atoms with Gasteiger partial charge < -0.3 is 10.4 Å². The van der Waals surface area contributed by atoms with E-state index in [1.54, 1.807) is 6.92 Å². The Balaban J connectivity index is 2.74. The number of hydrogen-bond donors (Lipinski definition) is 2. The van der Waals surface area contributed by atoms with Crippen molar-refractivity contribution in [2.24, 2.45) is 0 Å². The Labute approximate surface area is 110 Å². The normalized spacial score (nSPS) is 14.2. The van der Waals surface area contributed by atoms with Crippen molar-refractivity contribution in [2.45, 2.75) is 25.9 Å². The topological polar surface area (TPSA) is 62.2 Å². The van der Waals surface area contributed by atoms with Gasteiger partial charge in [-0.25, -0.2) is 4.98 Å². The lowest BCUT2D eigenvalue weighted by atomic mass is 10.0. The highest BCUT2D eigenvalue weighted by molar-refractivity contribution is 6.34. The number of pyridine rings is 1. The van der Waals surface area contributed by atoms with E-state index in [4.69, 9.17) is 23.2 Å². The first-order valence-corrected chi connectivity index (χ1v) is 5.94. The van der Waals surface area contributed by atoms with Crippen LogP contribution in [-0.2, 0) is 0 Å². The second-order valence-corrected chi connectivity index (χ2v) is 4.79. The summed E-state index contributed by atoms with van der Waals surface area (Å²) in [6, 6.07) is 3.01. The van der Waals surface area contributed by atoms with E-state index in [1.807, 2.05) is 6.92 Å². The van der Waals surface area contributed by atoms with Crippen molar-refractivity contribution in [1.82, 2.24) is 10.3 Å². The largest absolute Gasteiger partial charge is 0.388 e. The molecule has 1 atom stereocenters. The minimum absolute atomic E-state index is 0.0612. The third-order valence-electron chi connectivity index (χ3n) is 2.42. The van der Waals surface area contributed by atoms with Gasteiger partial charge in [0.2, 0.25) is 0 Å². The molecular formula is C11H14Cl2N2O2. The van der Waals surface area contributed by atoms with Crippen LogP contribution in [0.4, 0.5) is 0 Å². The highest BCUT2D eigenvalue weighted by Gasteiger charge is 2.20. The Bertz CT molecular complexity index is 422. The van der Waals surface area contributed by atoms with Crippen LogP contribution in [0.2, 0.25) is 10.2 Å². The lowest BCUT2D eigenvalue weighted by Crippen LogP contribution is -2.40. The fourth-order valence-corrected chi connectivity index (χ4v) is 1.40. The zero-order valence-corrected chi connectivity index (χ0v) is 11.1. The first kappa shape index (κ1) is 14.2. The van der Waals surface area contributed by atoms with Crippen molar-refractivity contribution in [2.75, 3.05) is 6.54 Å². The fraction of sp³-hybridized carbons (Fsp3) is 0.455. The van der Waals surface area contributed by atoms with Crippen LogP contribution in [0.5, 0.6) is 0 Å². The average molecular weight is 277 g/mol. The Hall–Kier alpha value is -0.840. The Kier molecular flexibility index (Phi) is 4.74. The molecule has 1 rings (SSSR count). The molecule has 0 radical (unpaired) electrons. The SMILES string of the molecule is CCC(C)(O)CNC(=O)c1nc(Cl)ccc1Cl. The van der Waals surface area contributed by atoms with Gasteiger partial charge in [0.05, 0.1) is 10.6 Å². The van der Waals surface area contributed by atoms with E-state index in [2.05, 4.69) is 10.3 Å². The number of nitrogens with zero attached hydrogens (tertiary/aromatic N) is 1. The number of carbonyl (C=O) groups is 1. The molecule has 0 aliphatic carbocycles. The van der Waals surface area contributed by atoms with E-state index >= 15 is 0 Å². The first-order valence-electron chi connectivity index (χ1n) is 5.18. The van der Waals surface area contributed by atoms with Crippen LogP contribution in [0.25, 0.3) is 0 Å². The van der Waals surface area contributed by atoms with E-state index < -0.39 is 11.5 Å². The molecule has 1 heterocycles. The molecule has 0 spiro atoms. The van der Waals surface area contributed by atoms with Crippen molar-refractivity contribution < 1.29 is 9.90 Å². The lowest BCUT2D eigenvalue weighted by Gasteiger charge is -2.21. The summed E-state index contributed by atoms with van der Waals surface area (Å²) < 4.78 is 0. The minimum Gasteiger partial charge on any atom is -0.388 e. The van der Waals surface area contributed by atoms with Gasteiger partial charge >= 0.3 is 0 Å². The molecule has 17 heavy (non-hydrogen) atoms. The second kappa shape index (κ2) is 5.67. The molecule has 0 bridgehead atoms. The van der Waals surface area contributed by atoms with Crippen molar-refractivity contribution in [3.05, 3.63) is 28.0 Å². The lowest BCUT2D eigenvalue weighted by molar-refractivity contribution is 0.0517. The molecule has 0 aromatic carbocycles. The molecule has 1 amide bonds. The summed E-state index contributed by atoms with van der Waals surface area (Å²) in [5.74, 6) is -0.453. The summed E-state index contributed by atoms with van der Waals surface area (Å²) in [5.41, 5.74) is -0.883. The molecule has 94 valence electrons. The van der Waals surface area contributed by atoms with Crippen LogP contribution in [0.1, 0.15) is 30.8 Å². The maximum Gasteiger partial charge on any atom is 0.271 e. The standard InChI is InChI=1S/C11H14Cl2N2O2/c1-3-11(2,17)6-14-10(16)9-7(12)4-5-8(13)15-9/h4-5,17H,3,6H2,1-2H3,(H,14,16). The quantitative estimate of drug-likeness (QED) is 0.830. The van der Waals surface area contributed by atoms with Crippen molar-refractivity contribution in [1.29, 1.82) is 0 Å². The second-order valence-electron chi connectivity index (χ2n) is 4.00. The van der Waals surface area contributed by atoms with E-state index in [-0.39, 0.29) is 22.4 Å². The smallest absolute Gasteiger partial charge is 0.271 e. The number of carbonyl (C=O) groups excluding carboxylic acids is 1. The van der Waals surface area contributed by atoms with Crippen molar-refractivity contribution in [3.63, 3.8) is 0 Å². The van der Waals surface area contributed by atoms with Gasteiger partial charge in [-0.15, -0.1) is 0 Å². The Morgan fingerprint density at radius 2 is 2.18 bits per heavy atom. The van der Waals surface area contributed by atoms with Gasteiger partial charge in [0.25, 0.3) is 5.91 Å². The summed E-state index contributed by atoms with van der Waals surface area (Å²) >= 11 is 11.5. The molecule has 2 N–H and O–H groups in total. The van der Waals surface area contributed by atoms with Crippen LogP contribution in [-0.4, -0.2) is 28.1 Å². The molecule has 0 fully saturated rings. The maximum atomic E-state index is 11.8. The zero-order chi connectivity index (χ0) is 13.1. The van der Waals surface area contributed by atoms with Crippen molar-refractivity contribution in [3.8, 4) is 0 Å². The summed E-state index contributed by atoms with van der Waals surface area (Å²) in [4.78, 5) is 15.6. The molecule has 0 aliphatic heterocycles. The van der Waals surface area contributed by atoms with Gasteiger partial charge in [-0.1, -0.05) is 30.1 Å². The number of halogens is 2. The predicted molar refractivity (Wildman–Crippen MR) is 67.5 cm³/mol. The fourth-order valence-electron chi connectivity index (χ4n) is 1.06. The summed E-state index contributed by atoms with van der Waals surface area (Å²) in [7, 11) is 0. The molecule has 1 aromatic heterocycles. The van der Waals surface area contributed by atoms with Crippen molar-refractivity contribution >= 4 is 29.1 Å². The Morgan fingerprint density at radius 1 is 1.53 bits per heavy atom. The van der Waals surface area contributed by atoms with Gasteiger partial charge in [-0.3, -0.25) is 4.79 Å². The van der Waals surface area contributed by atoms with Crippen LogP contribution in [0.3, 0.4) is 0 Å². The first-order chi connectivity index (χ1) is 7.85. The van der Waals surface area contributed by atoms with E-state index in [1.165, 1.54) is 12.1 Å². The molecular weight excluding hydrogens is 263 g/mol. The van der Waals surface area contributed by atoms with E-state index in [0.717, 1.165) is 0 Å². The van der Waals surface area contributed by atoms with E-state index in [0.29, 0.717) is 6.42 Å². The third-order valence-corrected chi connectivity index (χ3v) is 2.93. The number of rotatable bonds is 4. The van der Waals surface area contributed by atoms with Gasteiger partial charge in [-0.2, -0.15) is 0 Å². The number of aromatic nitrogens is 1. The molecule has 1 unspecified atom stereocenters. The number of nitrogens with one attached hydrogen (secondary N) is 1. The summed E-state index contributed by atoms with van der Waals surface area (Å²) in [6.45, 7) is 3.60. The Morgan fingerprint density at radius 3 is 2.76 bits per heavy atom. The number of aliphatic hydroxyl groups is 1. The molecule has 0 saturated heterocycles. The third kappa shape index (κ3) is 4.15. The predicted octanol–water partition coefficient (Wildman–Crippen LogP) is 2.28. The molecule has 6 heteroatoms. The number of amides is 1. The number of hydrogen-bond acceptors (Lipinski definition) is 3. The average Bonchev–Trinajstić information content (AvgIpc) is 2.29. The van der Waals surface area contributed by atoms with Crippen LogP contribution in [0, 0.1) is 0 Å². The van der Waals surface area contributed by atoms with Gasteiger partial charge in [0.15, 0.2) is 0 Å².